The smallest absolute Gasteiger partial charge is 0.368 e. The van der Waals surface area contributed by atoms with Crippen molar-refractivity contribution < 1.29 is 32.7 Å². The molecular weight excluding hydrogens is 618 g/mol. The summed E-state index contributed by atoms with van der Waals surface area (Å²) in [5, 5.41) is 13.0. The van der Waals surface area contributed by atoms with E-state index in [0.717, 1.165) is 22.9 Å². The number of nitrogens with one attached hydrogen (secondary N) is 1. The Bertz CT molecular complexity index is 1920. The largest absolute Gasteiger partial charge is 0.460 e. The third kappa shape index (κ3) is 6.91. The average molecular weight is 646 g/mol. The minimum absolute atomic E-state index is 0.00146. The molecule has 4 aromatic carbocycles. The molecule has 0 spiro atoms. The molecule has 4 aromatic rings. The number of aliphatic hydroxyl groups excluding tert-OH is 1. The second-order valence-electron chi connectivity index (χ2n) is 10.1. The molecule has 0 amide bonds. The maximum atomic E-state index is 13.2. The van der Waals surface area contributed by atoms with Crippen molar-refractivity contribution >= 4 is 56.2 Å². The number of carbonyl (C=O) groups excluding carboxylic acids is 2. The van der Waals surface area contributed by atoms with Crippen molar-refractivity contribution in [3.05, 3.63) is 130 Å². The van der Waals surface area contributed by atoms with Crippen LogP contribution in [0.25, 0.3) is 5.57 Å². The van der Waals surface area contributed by atoms with E-state index in [0.29, 0.717) is 11.1 Å². The molecule has 1 heterocycles. The maximum absolute atomic E-state index is 13.2. The van der Waals surface area contributed by atoms with Crippen LogP contribution in [0, 0.1) is 0 Å². The number of nitrogens with zero attached hydrogens (tertiary/aromatic N) is 2. The van der Waals surface area contributed by atoms with Crippen molar-refractivity contribution in [2.75, 3.05) is 36.9 Å². The van der Waals surface area contributed by atoms with Crippen molar-refractivity contribution in [3.63, 3.8) is 0 Å². The van der Waals surface area contributed by atoms with Crippen LogP contribution in [-0.2, 0) is 24.4 Å². The zero-order valence-electron chi connectivity index (χ0n) is 24.2. The lowest BCUT2D eigenvalue weighted by atomic mass is 9.89. The summed E-state index contributed by atoms with van der Waals surface area (Å²) in [6.45, 7) is -0.578. The van der Waals surface area contributed by atoms with E-state index in [1.807, 2.05) is 73.6 Å². The van der Waals surface area contributed by atoms with Crippen LogP contribution < -0.4 is 9.62 Å². The van der Waals surface area contributed by atoms with E-state index in [1.54, 1.807) is 6.07 Å². The molecule has 0 bridgehead atoms. The van der Waals surface area contributed by atoms with E-state index in [2.05, 4.69) is 9.88 Å². The Morgan fingerprint density at radius 3 is 2.29 bits per heavy atom. The van der Waals surface area contributed by atoms with Crippen LogP contribution in [0.1, 0.15) is 27.0 Å². The number of rotatable bonds is 10. The van der Waals surface area contributed by atoms with Gasteiger partial charge in [0.2, 0.25) is 0 Å². The summed E-state index contributed by atoms with van der Waals surface area (Å²) >= 11 is 6.56. The number of hydrogen-bond acceptors (Lipinski definition) is 9. The lowest BCUT2D eigenvalue weighted by Gasteiger charge is -2.16. The van der Waals surface area contributed by atoms with Gasteiger partial charge in [-0.05, 0) is 53.6 Å². The molecule has 2 N–H and O–H groups in total. The third-order valence-corrected chi connectivity index (χ3v) is 8.51. The number of anilines is 2. The lowest BCUT2D eigenvalue weighted by Crippen LogP contribution is -2.15. The molecule has 0 radical (unpaired) electrons. The number of aliphatic hydroxyl groups is 1. The molecule has 12 heteroatoms. The van der Waals surface area contributed by atoms with Gasteiger partial charge in [0, 0.05) is 30.9 Å². The van der Waals surface area contributed by atoms with Gasteiger partial charge in [-0.15, -0.1) is 0 Å². The molecule has 0 aliphatic carbocycles. The van der Waals surface area contributed by atoms with E-state index in [-0.39, 0.29) is 45.7 Å². The highest BCUT2D eigenvalue weighted by Gasteiger charge is 2.32. The van der Waals surface area contributed by atoms with Gasteiger partial charge in [-0.3, -0.25) is 4.72 Å². The summed E-state index contributed by atoms with van der Waals surface area (Å²) in [5.74, 6) is -1.41. The summed E-state index contributed by atoms with van der Waals surface area (Å²) in [5.41, 5.74) is 4.09. The molecule has 1 aliphatic rings. The second-order valence-corrected chi connectivity index (χ2v) is 12.2. The van der Waals surface area contributed by atoms with Crippen molar-refractivity contribution in [2.45, 2.75) is 4.90 Å². The fraction of sp³-hybridized carbons (Fsp3) is 0.121. The first-order chi connectivity index (χ1) is 21.6. The van der Waals surface area contributed by atoms with Crippen LogP contribution in [0.15, 0.2) is 113 Å². The Hall–Kier alpha value is -4.97. The van der Waals surface area contributed by atoms with Crippen LogP contribution in [-0.4, -0.2) is 58.5 Å². The monoisotopic (exact) mass is 645 g/mol. The average Bonchev–Trinajstić information content (AvgIpc) is 3.42. The molecule has 230 valence electrons. The summed E-state index contributed by atoms with van der Waals surface area (Å²) in [4.78, 5) is 32.3. The Kier molecular flexibility index (Phi) is 9.33. The van der Waals surface area contributed by atoms with E-state index in [9.17, 15) is 18.0 Å². The number of ether oxygens (including phenoxy) is 1. The first-order valence-electron chi connectivity index (χ1n) is 13.7. The zero-order valence-corrected chi connectivity index (χ0v) is 25.8. The van der Waals surface area contributed by atoms with Gasteiger partial charge in [0.1, 0.15) is 17.9 Å². The van der Waals surface area contributed by atoms with E-state index < -0.39 is 22.0 Å². The van der Waals surface area contributed by atoms with Gasteiger partial charge in [0.15, 0.2) is 0 Å². The van der Waals surface area contributed by atoms with E-state index in [1.165, 1.54) is 30.3 Å². The van der Waals surface area contributed by atoms with Crippen molar-refractivity contribution in [3.8, 4) is 0 Å². The Morgan fingerprint density at radius 2 is 1.62 bits per heavy atom. The number of hydrogen-bond donors (Lipinski definition) is 2. The molecule has 45 heavy (non-hydrogen) atoms. The normalized spacial score (nSPS) is 14.0. The van der Waals surface area contributed by atoms with Gasteiger partial charge in [0.05, 0.1) is 27.8 Å². The predicted molar refractivity (Wildman–Crippen MR) is 172 cm³/mol. The quantitative estimate of drug-likeness (QED) is 0.138. The minimum atomic E-state index is -4.17. The summed E-state index contributed by atoms with van der Waals surface area (Å²) in [6.07, 6.45) is 0. The van der Waals surface area contributed by atoms with Gasteiger partial charge in [-0.25, -0.2) is 18.0 Å². The first kappa shape index (κ1) is 31.5. The number of halogens is 1. The minimum Gasteiger partial charge on any atom is -0.460 e. The Morgan fingerprint density at radius 1 is 0.933 bits per heavy atom. The highest BCUT2D eigenvalue weighted by Crippen LogP contribution is 2.35. The van der Waals surface area contributed by atoms with Gasteiger partial charge in [-0.2, -0.15) is 0 Å². The fourth-order valence-corrected chi connectivity index (χ4v) is 6.05. The molecule has 1 aliphatic heterocycles. The predicted octanol–water partition coefficient (Wildman–Crippen LogP) is 5.12. The van der Waals surface area contributed by atoms with E-state index in [4.69, 9.17) is 26.3 Å². The second kappa shape index (κ2) is 13.3. The molecule has 10 nitrogen and oxygen atoms in total. The first-order valence-corrected chi connectivity index (χ1v) is 15.5. The summed E-state index contributed by atoms with van der Waals surface area (Å²) < 4.78 is 33.7. The molecule has 0 fully saturated rings. The molecule has 0 aromatic heterocycles. The third-order valence-electron chi connectivity index (χ3n) is 6.84. The summed E-state index contributed by atoms with van der Waals surface area (Å²) in [6, 6.07) is 26.9. The van der Waals surface area contributed by atoms with Gasteiger partial charge < -0.3 is 19.6 Å². The highest BCUT2D eigenvalue weighted by molar-refractivity contribution is 7.92. The zero-order chi connectivity index (χ0) is 32.1. The topological polar surface area (TPSA) is 135 Å². The maximum Gasteiger partial charge on any atom is 0.368 e. The molecule has 0 atom stereocenters. The van der Waals surface area contributed by atoms with Gasteiger partial charge >= 0.3 is 11.9 Å². The van der Waals surface area contributed by atoms with Crippen LogP contribution in [0.4, 0.5) is 11.4 Å². The van der Waals surface area contributed by atoms with E-state index >= 15 is 0 Å². The summed E-state index contributed by atoms with van der Waals surface area (Å²) in [7, 11) is -0.299. The van der Waals surface area contributed by atoms with Crippen LogP contribution in [0.2, 0.25) is 5.02 Å². The Labute approximate surface area is 265 Å². The molecule has 0 saturated heterocycles. The number of carbonyl (C=O) groups is 2. The van der Waals surface area contributed by atoms with Gasteiger partial charge in [-0.1, -0.05) is 71.4 Å². The number of oxime groups is 1. The molecular formula is C33H28ClN3O7S. The molecule has 0 unspecified atom stereocenters. The number of benzene rings is 4. The van der Waals surface area contributed by atoms with Crippen molar-refractivity contribution in [2.24, 2.45) is 5.16 Å². The highest BCUT2D eigenvalue weighted by atomic mass is 35.5. The lowest BCUT2D eigenvalue weighted by molar-refractivity contribution is -0.136. The molecule has 5 rings (SSSR count). The molecule has 0 saturated carbocycles. The standard InChI is InChI=1S/C33H28ClN3O7S/c1-37(2)25-14-11-22(12-15-25)29(21-7-4-3-5-8-21)30-31(35-44-33(30)40)23-13-16-28(27(34)20-23)36-45(41,42)26-10-6-9-24(19-26)32(39)43-18-17-38/h3-16,19-20,36,38H,17-18H2,1-2H3. The fourth-order valence-electron chi connectivity index (χ4n) is 4.64. The van der Waals surface area contributed by atoms with Gasteiger partial charge in [0.25, 0.3) is 10.0 Å². The Balaban J connectivity index is 1.49. The number of esters is 1. The van der Waals surface area contributed by atoms with Crippen molar-refractivity contribution in [1.82, 2.24) is 0 Å². The van der Waals surface area contributed by atoms with Crippen LogP contribution in [0.3, 0.4) is 0 Å². The van der Waals surface area contributed by atoms with Crippen LogP contribution in [0.5, 0.6) is 0 Å². The van der Waals surface area contributed by atoms with Crippen molar-refractivity contribution in [1.29, 1.82) is 0 Å². The SMILES string of the molecule is CN(C)c1ccc(C(=C2C(=O)ON=C2c2ccc(NS(=O)(=O)c3cccc(C(=O)OCCO)c3)c(Cl)c2)c2ccccc2)cc1. The van der Waals surface area contributed by atoms with Crippen LogP contribution >= 0.6 is 11.6 Å². The number of sulfonamides is 1.